The number of likely N-dealkylation sites (N-methyl/N-ethyl adjacent to an activating group) is 1. The predicted octanol–water partition coefficient (Wildman–Crippen LogP) is 3.06. The number of ketones is 1. The molecule has 0 bridgehead atoms. The minimum atomic E-state index is -0.269. The molecule has 0 saturated heterocycles. The lowest BCUT2D eigenvalue weighted by atomic mass is 10.1. The lowest BCUT2D eigenvalue weighted by Crippen LogP contribution is -2.35. The first-order valence-corrected chi connectivity index (χ1v) is 8.14. The Morgan fingerprint density at radius 2 is 1.56 bits per heavy atom. The average Bonchev–Trinajstić information content (AvgIpc) is 2.62. The molecule has 0 atom stereocenters. The van der Waals surface area contributed by atoms with E-state index in [2.05, 4.69) is 5.32 Å². The van der Waals surface area contributed by atoms with Gasteiger partial charge in [0.2, 0.25) is 11.8 Å². The van der Waals surface area contributed by atoms with Crippen LogP contribution in [0.2, 0.25) is 0 Å². The van der Waals surface area contributed by atoms with Gasteiger partial charge in [-0.2, -0.15) is 0 Å². The minimum absolute atomic E-state index is 0.0494. The Hall–Kier alpha value is -2.95. The summed E-state index contributed by atoms with van der Waals surface area (Å²) in [6, 6.07) is 16.3. The number of Topliss-reactive ketones (excluding diaryl/α,β-unsaturated/α-hetero) is 1. The number of hydrogen-bond acceptors (Lipinski definition) is 3. The lowest BCUT2D eigenvalue weighted by Gasteiger charge is -2.16. The Balaban J connectivity index is 1.78. The summed E-state index contributed by atoms with van der Waals surface area (Å²) >= 11 is 0. The quantitative estimate of drug-likeness (QED) is 0.789. The monoisotopic (exact) mass is 338 g/mol. The van der Waals surface area contributed by atoms with Crippen molar-refractivity contribution in [2.24, 2.45) is 0 Å². The SMILES string of the molecule is Cc1ccc(NC(=O)CN(C)C(=O)CCC(=O)c2ccccc2)cc1. The Labute approximate surface area is 147 Å². The van der Waals surface area contributed by atoms with Crippen molar-refractivity contribution >= 4 is 23.3 Å². The third-order valence-electron chi connectivity index (χ3n) is 3.80. The molecular formula is C20H22N2O3. The summed E-state index contributed by atoms with van der Waals surface area (Å²) in [6.45, 7) is 1.92. The van der Waals surface area contributed by atoms with Crippen molar-refractivity contribution in [2.75, 3.05) is 18.9 Å². The third-order valence-corrected chi connectivity index (χ3v) is 3.80. The summed E-state index contributed by atoms with van der Waals surface area (Å²) in [5.74, 6) is -0.580. The van der Waals surface area contributed by atoms with Crippen LogP contribution in [0.15, 0.2) is 54.6 Å². The lowest BCUT2D eigenvalue weighted by molar-refractivity contribution is -0.133. The van der Waals surface area contributed by atoms with Gasteiger partial charge in [-0.15, -0.1) is 0 Å². The molecule has 0 saturated carbocycles. The molecule has 2 rings (SSSR count). The Morgan fingerprint density at radius 3 is 2.20 bits per heavy atom. The van der Waals surface area contributed by atoms with Crippen molar-refractivity contribution < 1.29 is 14.4 Å². The van der Waals surface area contributed by atoms with E-state index in [0.717, 1.165) is 5.56 Å². The van der Waals surface area contributed by atoms with Crippen LogP contribution in [0, 0.1) is 6.92 Å². The minimum Gasteiger partial charge on any atom is -0.336 e. The maximum absolute atomic E-state index is 12.1. The highest BCUT2D eigenvalue weighted by atomic mass is 16.2. The molecule has 0 aliphatic carbocycles. The van der Waals surface area contributed by atoms with E-state index in [9.17, 15) is 14.4 Å². The molecule has 130 valence electrons. The highest BCUT2D eigenvalue weighted by molar-refractivity contribution is 5.98. The molecule has 5 nitrogen and oxygen atoms in total. The number of benzene rings is 2. The molecule has 5 heteroatoms. The third kappa shape index (κ3) is 5.88. The van der Waals surface area contributed by atoms with Crippen LogP contribution in [0.4, 0.5) is 5.69 Å². The van der Waals surface area contributed by atoms with E-state index < -0.39 is 0 Å². The number of carbonyl (C=O) groups is 3. The Bertz CT molecular complexity index is 739. The van der Waals surface area contributed by atoms with Crippen molar-refractivity contribution in [2.45, 2.75) is 19.8 Å². The summed E-state index contributed by atoms with van der Waals surface area (Å²) < 4.78 is 0. The second-order valence-corrected chi connectivity index (χ2v) is 5.95. The molecule has 0 radical (unpaired) electrons. The molecule has 0 unspecified atom stereocenters. The van der Waals surface area contributed by atoms with Gasteiger partial charge in [-0.25, -0.2) is 0 Å². The van der Waals surface area contributed by atoms with Crippen LogP contribution in [0.1, 0.15) is 28.8 Å². The number of rotatable bonds is 7. The highest BCUT2D eigenvalue weighted by Crippen LogP contribution is 2.09. The van der Waals surface area contributed by atoms with Crippen LogP contribution >= 0.6 is 0 Å². The van der Waals surface area contributed by atoms with Gasteiger partial charge in [0.1, 0.15) is 0 Å². The first kappa shape index (κ1) is 18.4. The van der Waals surface area contributed by atoms with Gasteiger partial charge in [-0.3, -0.25) is 14.4 Å². The van der Waals surface area contributed by atoms with E-state index in [4.69, 9.17) is 0 Å². The van der Waals surface area contributed by atoms with Crippen LogP contribution in [-0.2, 0) is 9.59 Å². The fourth-order valence-electron chi connectivity index (χ4n) is 2.32. The highest BCUT2D eigenvalue weighted by Gasteiger charge is 2.15. The molecule has 0 aromatic heterocycles. The standard InChI is InChI=1S/C20H22N2O3/c1-15-8-10-17(11-9-15)21-19(24)14-22(2)20(25)13-12-18(23)16-6-4-3-5-7-16/h3-11H,12-14H2,1-2H3,(H,21,24). The fourth-order valence-corrected chi connectivity index (χ4v) is 2.32. The van der Waals surface area contributed by atoms with Gasteiger partial charge in [0, 0.05) is 31.1 Å². The summed E-state index contributed by atoms with van der Waals surface area (Å²) in [7, 11) is 1.56. The predicted molar refractivity (Wildman–Crippen MR) is 97.5 cm³/mol. The number of hydrogen-bond donors (Lipinski definition) is 1. The average molecular weight is 338 g/mol. The van der Waals surface area contributed by atoms with Crippen LogP contribution in [0.3, 0.4) is 0 Å². The molecular weight excluding hydrogens is 316 g/mol. The molecule has 0 fully saturated rings. The first-order valence-electron chi connectivity index (χ1n) is 8.14. The smallest absolute Gasteiger partial charge is 0.243 e. The van der Waals surface area contributed by atoms with Gasteiger partial charge < -0.3 is 10.2 Å². The van der Waals surface area contributed by atoms with E-state index in [-0.39, 0.29) is 37.0 Å². The maximum atomic E-state index is 12.1. The molecule has 25 heavy (non-hydrogen) atoms. The van der Waals surface area contributed by atoms with Crippen molar-refractivity contribution in [3.05, 3.63) is 65.7 Å². The zero-order valence-corrected chi connectivity index (χ0v) is 14.5. The summed E-state index contributed by atoms with van der Waals surface area (Å²) in [6.07, 6.45) is 0.217. The van der Waals surface area contributed by atoms with Crippen LogP contribution < -0.4 is 5.32 Å². The van der Waals surface area contributed by atoms with Crippen molar-refractivity contribution in [3.8, 4) is 0 Å². The molecule has 0 aliphatic rings. The van der Waals surface area contributed by atoms with Crippen molar-refractivity contribution in [1.29, 1.82) is 0 Å². The molecule has 2 amide bonds. The van der Waals surface area contributed by atoms with Gasteiger partial charge in [-0.1, -0.05) is 48.0 Å². The van der Waals surface area contributed by atoms with E-state index in [1.165, 1.54) is 4.90 Å². The molecule has 0 aliphatic heterocycles. The second kappa shape index (κ2) is 8.78. The van der Waals surface area contributed by atoms with E-state index >= 15 is 0 Å². The number of anilines is 1. The summed E-state index contributed by atoms with van der Waals surface area (Å²) in [5, 5.41) is 2.75. The van der Waals surface area contributed by atoms with Crippen LogP contribution in [-0.4, -0.2) is 36.1 Å². The fraction of sp³-hybridized carbons (Fsp3) is 0.250. The Morgan fingerprint density at radius 1 is 0.920 bits per heavy atom. The van der Waals surface area contributed by atoms with Gasteiger partial charge in [0.15, 0.2) is 5.78 Å². The number of carbonyl (C=O) groups excluding carboxylic acids is 3. The van der Waals surface area contributed by atoms with Gasteiger partial charge in [0.25, 0.3) is 0 Å². The van der Waals surface area contributed by atoms with E-state index in [1.807, 2.05) is 37.3 Å². The summed E-state index contributed by atoms with van der Waals surface area (Å²) in [5.41, 5.74) is 2.39. The molecule has 1 N–H and O–H groups in total. The van der Waals surface area contributed by atoms with E-state index in [0.29, 0.717) is 11.3 Å². The van der Waals surface area contributed by atoms with Gasteiger partial charge in [0.05, 0.1) is 6.54 Å². The zero-order chi connectivity index (χ0) is 18.2. The number of nitrogens with zero attached hydrogens (tertiary/aromatic N) is 1. The molecule has 2 aromatic carbocycles. The number of nitrogens with one attached hydrogen (secondary N) is 1. The first-order chi connectivity index (χ1) is 12.0. The van der Waals surface area contributed by atoms with E-state index in [1.54, 1.807) is 31.3 Å². The number of aryl methyl sites for hydroxylation is 1. The zero-order valence-electron chi connectivity index (χ0n) is 14.5. The topological polar surface area (TPSA) is 66.5 Å². The molecule has 0 heterocycles. The van der Waals surface area contributed by atoms with Crippen molar-refractivity contribution in [1.82, 2.24) is 4.90 Å². The van der Waals surface area contributed by atoms with Crippen LogP contribution in [0.25, 0.3) is 0 Å². The summed E-state index contributed by atoms with van der Waals surface area (Å²) in [4.78, 5) is 37.5. The second-order valence-electron chi connectivity index (χ2n) is 5.95. The van der Waals surface area contributed by atoms with Crippen molar-refractivity contribution in [3.63, 3.8) is 0 Å². The maximum Gasteiger partial charge on any atom is 0.243 e. The van der Waals surface area contributed by atoms with Crippen LogP contribution in [0.5, 0.6) is 0 Å². The van der Waals surface area contributed by atoms with Gasteiger partial charge >= 0.3 is 0 Å². The molecule has 0 spiro atoms. The molecule has 2 aromatic rings. The number of amides is 2. The largest absolute Gasteiger partial charge is 0.336 e. The normalized spacial score (nSPS) is 10.2. The Kier molecular flexibility index (Phi) is 6.46. The van der Waals surface area contributed by atoms with Gasteiger partial charge in [-0.05, 0) is 19.1 Å².